The third kappa shape index (κ3) is 9.19. The summed E-state index contributed by atoms with van der Waals surface area (Å²) in [5.41, 5.74) is 2.72. The summed E-state index contributed by atoms with van der Waals surface area (Å²) < 4.78 is 11.4. The van der Waals surface area contributed by atoms with Crippen LogP contribution in [-0.2, 0) is 19.7 Å². The fraction of sp³-hybridized carbons (Fsp3) is 0.619. The van der Waals surface area contributed by atoms with E-state index in [1.54, 1.807) is 0 Å². The molecule has 0 aliphatic carbocycles. The molecule has 0 amide bonds. The molecular formula is C21H33NO6. The fourth-order valence-corrected chi connectivity index (χ4v) is 2.80. The molecule has 7 nitrogen and oxygen atoms in total. The van der Waals surface area contributed by atoms with Crippen LogP contribution < -0.4 is 4.74 Å². The van der Waals surface area contributed by atoms with E-state index < -0.39 is 11.9 Å². The van der Waals surface area contributed by atoms with Crippen LogP contribution in [0.25, 0.3) is 0 Å². The second kappa shape index (κ2) is 11.7. The molecule has 0 atom stereocenters. The second-order valence-electron chi connectivity index (χ2n) is 7.87. The van der Waals surface area contributed by atoms with E-state index in [9.17, 15) is 0 Å². The first-order valence-corrected chi connectivity index (χ1v) is 9.61. The molecule has 0 radical (unpaired) electrons. The van der Waals surface area contributed by atoms with Gasteiger partial charge in [-0.15, -0.1) is 0 Å². The average Bonchev–Trinajstić information content (AvgIpc) is 2.63. The quantitative estimate of drug-likeness (QED) is 0.565. The monoisotopic (exact) mass is 395 g/mol. The zero-order valence-corrected chi connectivity index (χ0v) is 17.4. The molecule has 1 aliphatic heterocycles. The van der Waals surface area contributed by atoms with Gasteiger partial charge in [0, 0.05) is 13.1 Å². The van der Waals surface area contributed by atoms with Crippen molar-refractivity contribution in [2.24, 2.45) is 0 Å². The van der Waals surface area contributed by atoms with Crippen molar-refractivity contribution >= 4 is 11.9 Å². The Labute approximate surface area is 167 Å². The number of hydrogen-bond donors (Lipinski definition) is 2. The molecule has 2 rings (SSSR count). The van der Waals surface area contributed by atoms with Gasteiger partial charge in [0.05, 0.1) is 19.8 Å². The summed E-state index contributed by atoms with van der Waals surface area (Å²) >= 11 is 0. The predicted octanol–water partition coefficient (Wildman–Crippen LogP) is 2.94. The molecule has 0 bridgehead atoms. The zero-order valence-electron chi connectivity index (χ0n) is 17.4. The molecular weight excluding hydrogens is 362 g/mol. The van der Waals surface area contributed by atoms with Gasteiger partial charge in [-0.1, -0.05) is 38.5 Å². The molecule has 7 heteroatoms. The number of unbranched alkanes of at least 4 members (excludes halogenated alkanes) is 1. The number of aliphatic carboxylic acids is 2. The molecule has 1 aromatic carbocycles. The van der Waals surface area contributed by atoms with E-state index in [1.165, 1.54) is 17.5 Å². The number of carbonyl (C=O) groups is 2. The van der Waals surface area contributed by atoms with E-state index in [0.29, 0.717) is 0 Å². The maximum Gasteiger partial charge on any atom is 0.414 e. The molecule has 158 valence electrons. The lowest BCUT2D eigenvalue weighted by atomic mass is 9.85. The molecule has 1 heterocycles. The molecule has 0 saturated carbocycles. The van der Waals surface area contributed by atoms with Gasteiger partial charge in [-0.25, -0.2) is 9.59 Å². The Balaban J connectivity index is 0.000000568. The van der Waals surface area contributed by atoms with Gasteiger partial charge in [0.25, 0.3) is 0 Å². The number of benzene rings is 1. The number of carboxylic acid groups (broad SMARTS) is 2. The Hall–Kier alpha value is -2.12. The number of morpholine rings is 1. The van der Waals surface area contributed by atoms with Crippen molar-refractivity contribution in [3.63, 3.8) is 0 Å². The van der Waals surface area contributed by atoms with Gasteiger partial charge < -0.3 is 19.7 Å². The molecule has 28 heavy (non-hydrogen) atoms. The van der Waals surface area contributed by atoms with Gasteiger partial charge in [0.2, 0.25) is 0 Å². The highest BCUT2D eigenvalue weighted by atomic mass is 16.5. The Kier molecular flexibility index (Phi) is 9.96. The van der Waals surface area contributed by atoms with Crippen molar-refractivity contribution in [3.8, 4) is 5.75 Å². The molecule has 0 unspecified atom stereocenters. The average molecular weight is 395 g/mol. The van der Waals surface area contributed by atoms with Crippen molar-refractivity contribution < 1.29 is 29.3 Å². The summed E-state index contributed by atoms with van der Waals surface area (Å²) in [5.74, 6) is -2.60. The highest BCUT2D eigenvalue weighted by Gasteiger charge is 2.19. The Morgan fingerprint density at radius 2 is 1.71 bits per heavy atom. The van der Waals surface area contributed by atoms with E-state index in [-0.39, 0.29) is 5.41 Å². The van der Waals surface area contributed by atoms with Crippen molar-refractivity contribution in [1.82, 2.24) is 4.90 Å². The van der Waals surface area contributed by atoms with Gasteiger partial charge in [0.1, 0.15) is 5.75 Å². The number of ether oxygens (including phenoxy) is 2. The topological polar surface area (TPSA) is 96.3 Å². The molecule has 1 aliphatic rings. The van der Waals surface area contributed by atoms with Crippen LogP contribution in [0.3, 0.4) is 0 Å². The minimum atomic E-state index is -1.82. The van der Waals surface area contributed by atoms with Crippen LogP contribution in [0, 0.1) is 6.92 Å². The van der Waals surface area contributed by atoms with Crippen molar-refractivity contribution in [2.45, 2.75) is 46.0 Å². The van der Waals surface area contributed by atoms with E-state index >= 15 is 0 Å². The summed E-state index contributed by atoms with van der Waals surface area (Å²) in [5, 5.41) is 14.8. The van der Waals surface area contributed by atoms with E-state index in [2.05, 4.69) is 50.8 Å². The standard InChI is InChI=1S/C19H31NO2.C2H2O4/c1-16-7-8-18(17(15-16)19(2,3)4)22-12-6-5-9-20-10-13-21-14-11-20;3-1(4)2(5)6/h7-8,15H,5-6,9-14H2,1-4H3;(H,3,4)(H,5,6). The zero-order chi connectivity index (χ0) is 21.2. The van der Waals surface area contributed by atoms with Gasteiger partial charge in [-0.2, -0.15) is 0 Å². The number of rotatable bonds is 6. The van der Waals surface area contributed by atoms with Crippen molar-refractivity contribution in [3.05, 3.63) is 29.3 Å². The smallest absolute Gasteiger partial charge is 0.414 e. The Morgan fingerprint density at radius 1 is 1.11 bits per heavy atom. The number of aryl methyl sites for hydroxylation is 1. The molecule has 1 saturated heterocycles. The summed E-state index contributed by atoms with van der Waals surface area (Å²) in [6.07, 6.45) is 2.30. The van der Waals surface area contributed by atoms with Crippen LogP contribution in [0.4, 0.5) is 0 Å². The number of hydrogen-bond acceptors (Lipinski definition) is 5. The Morgan fingerprint density at radius 3 is 2.25 bits per heavy atom. The maximum absolute atomic E-state index is 9.10. The molecule has 1 fully saturated rings. The van der Waals surface area contributed by atoms with Crippen LogP contribution in [0.2, 0.25) is 0 Å². The summed E-state index contributed by atoms with van der Waals surface area (Å²) in [7, 11) is 0. The molecule has 1 aromatic rings. The van der Waals surface area contributed by atoms with Crippen LogP contribution >= 0.6 is 0 Å². The van der Waals surface area contributed by atoms with Crippen molar-refractivity contribution in [1.29, 1.82) is 0 Å². The lowest BCUT2D eigenvalue weighted by molar-refractivity contribution is -0.159. The third-order valence-corrected chi connectivity index (χ3v) is 4.36. The predicted molar refractivity (Wildman–Crippen MR) is 107 cm³/mol. The minimum absolute atomic E-state index is 0.120. The summed E-state index contributed by atoms with van der Waals surface area (Å²) in [6, 6.07) is 6.51. The number of nitrogens with zero attached hydrogens (tertiary/aromatic N) is 1. The summed E-state index contributed by atoms with van der Waals surface area (Å²) in [6.45, 7) is 14.8. The maximum atomic E-state index is 9.10. The van der Waals surface area contributed by atoms with Gasteiger partial charge in [-0.3, -0.25) is 4.90 Å². The Bertz CT molecular complexity index is 620. The normalized spacial score (nSPS) is 14.7. The SMILES string of the molecule is Cc1ccc(OCCCCN2CCOCC2)c(C(C)(C)C)c1.O=C(O)C(=O)O. The van der Waals surface area contributed by atoms with Crippen molar-refractivity contribution in [2.75, 3.05) is 39.5 Å². The lowest BCUT2D eigenvalue weighted by Crippen LogP contribution is -2.36. The van der Waals surface area contributed by atoms with E-state index in [1.807, 2.05) is 0 Å². The first-order valence-electron chi connectivity index (χ1n) is 9.61. The molecule has 0 spiro atoms. The van der Waals surface area contributed by atoms with E-state index in [0.717, 1.165) is 51.6 Å². The van der Waals surface area contributed by atoms with Gasteiger partial charge >= 0.3 is 11.9 Å². The third-order valence-electron chi connectivity index (χ3n) is 4.36. The molecule has 2 N–H and O–H groups in total. The first kappa shape index (κ1) is 23.9. The second-order valence-corrected chi connectivity index (χ2v) is 7.87. The van der Waals surface area contributed by atoms with Crippen LogP contribution in [0.1, 0.15) is 44.7 Å². The number of carboxylic acids is 2. The largest absolute Gasteiger partial charge is 0.493 e. The minimum Gasteiger partial charge on any atom is -0.493 e. The van der Waals surface area contributed by atoms with Crippen LogP contribution in [0.5, 0.6) is 5.75 Å². The highest BCUT2D eigenvalue weighted by Crippen LogP contribution is 2.32. The van der Waals surface area contributed by atoms with Crippen LogP contribution in [-0.4, -0.2) is 66.5 Å². The van der Waals surface area contributed by atoms with Crippen LogP contribution in [0.15, 0.2) is 18.2 Å². The van der Waals surface area contributed by atoms with Gasteiger partial charge in [-0.05, 0) is 43.4 Å². The van der Waals surface area contributed by atoms with E-state index in [4.69, 9.17) is 29.3 Å². The first-order chi connectivity index (χ1) is 13.1. The fourth-order valence-electron chi connectivity index (χ4n) is 2.80. The summed E-state index contributed by atoms with van der Waals surface area (Å²) in [4.78, 5) is 20.7. The lowest BCUT2D eigenvalue weighted by Gasteiger charge is -2.26. The molecule has 0 aromatic heterocycles. The highest BCUT2D eigenvalue weighted by molar-refractivity contribution is 6.27. The van der Waals surface area contributed by atoms with Gasteiger partial charge in [0.15, 0.2) is 0 Å².